The molecule has 0 spiro atoms. The van der Waals surface area contributed by atoms with Gasteiger partial charge in [0.1, 0.15) is 5.82 Å². The monoisotopic (exact) mass is 285 g/mol. The van der Waals surface area contributed by atoms with Gasteiger partial charge in [-0.3, -0.25) is 4.79 Å². The number of pyridine rings is 1. The molecular weight excluding hydrogens is 266 g/mol. The standard InChI is InChI=1S/C15H19N5O/c1-4-10-8-12-11(5-6-13(16-3)20(12)19-10)15-9(2)7-14(21)17-18-15/h5-6,8-9,16H,4,7H2,1-3H3,(H,17,21). The number of aromatic nitrogens is 2. The summed E-state index contributed by atoms with van der Waals surface area (Å²) in [6, 6.07) is 6.11. The lowest BCUT2D eigenvalue weighted by molar-refractivity contribution is -0.121. The van der Waals surface area contributed by atoms with Crippen LogP contribution < -0.4 is 10.7 Å². The smallest absolute Gasteiger partial charge is 0.240 e. The second-order valence-electron chi connectivity index (χ2n) is 5.31. The van der Waals surface area contributed by atoms with Crippen molar-refractivity contribution in [3.05, 3.63) is 29.5 Å². The zero-order valence-electron chi connectivity index (χ0n) is 12.5. The van der Waals surface area contributed by atoms with Gasteiger partial charge in [-0.25, -0.2) is 9.94 Å². The van der Waals surface area contributed by atoms with E-state index in [2.05, 4.69) is 33.9 Å². The summed E-state index contributed by atoms with van der Waals surface area (Å²) in [7, 11) is 1.88. The van der Waals surface area contributed by atoms with Crippen LogP contribution in [0.15, 0.2) is 23.3 Å². The van der Waals surface area contributed by atoms with Crippen LogP contribution in [0, 0.1) is 5.92 Å². The maximum absolute atomic E-state index is 11.4. The van der Waals surface area contributed by atoms with E-state index >= 15 is 0 Å². The Kier molecular flexibility index (Phi) is 3.37. The Morgan fingerprint density at radius 2 is 2.29 bits per heavy atom. The SMILES string of the molecule is CCc1cc2c(C3=NNC(=O)CC3C)ccc(NC)n2n1. The fourth-order valence-electron chi connectivity index (χ4n) is 2.68. The van der Waals surface area contributed by atoms with Crippen LogP contribution in [0.1, 0.15) is 31.5 Å². The third-order valence-corrected chi connectivity index (χ3v) is 3.83. The van der Waals surface area contributed by atoms with Crippen LogP contribution in [0.4, 0.5) is 5.82 Å². The normalized spacial score (nSPS) is 18.5. The summed E-state index contributed by atoms with van der Waals surface area (Å²) < 4.78 is 1.90. The number of hydrazone groups is 1. The van der Waals surface area contributed by atoms with Crippen molar-refractivity contribution in [3.8, 4) is 0 Å². The van der Waals surface area contributed by atoms with E-state index in [1.807, 2.05) is 30.6 Å². The lowest BCUT2D eigenvalue weighted by Crippen LogP contribution is -2.32. The maximum atomic E-state index is 11.4. The number of rotatable bonds is 3. The average molecular weight is 285 g/mol. The number of carbonyl (C=O) groups is 1. The number of nitrogens with zero attached hydrogens (tertiary/aromatic N) is 3. The molecule has 0 aromatic carbocycles. The molecule has 1 unspecified atom stereocenters. The summed E-state index contributed by atoms with van der Waals surface area (Å²) in [4.78, 5) is 11.4. The van der Waals surface area contributed by atoms with E-state index in [0.717, 1.165) is 34.7 Å². The summed E-state index contributed by atoms with van der Waals surface area (Å²) in [5.41, 5.74) is 6.56. The highest BCUT2D eigenvalue weighted by atomic mass is 16.2. The first-order valence-electron chi connectivity index (χ1n) is 7.20. The minimum atomic E-state index is -0.0307. The Morgan fingerprint density at radius 1 is 1.48 bits per heavy atom. The second-order valence-corrected chi connectivity index (χ2v) is 5.31. The van der Waals surface area contributed by atoms with E-state index in [-0.39, 0.29) is 11.8 Å². The van der Waals surface area contributed by atoms with E-state index in [0.29, 0.717) is 6.42 Å². The van der Waals surface area contributed by atoms with Gasteiger partial charge in [0.15, 0.2) is 0 Å². The first kappa shape index (κ1) is 13.6. The number of nitrogens with one attached hydrogen (secondary N) is 2. The number of hydrogen-bond donors (Lipinski definition) is 2. The fraction of sp³-hybridized carbons (Fsp3) is 0.400. The van der Waals surface area contributed by atoms with E-state index in [9.17, 15) is 4.79 Å². The van der Waals surface area contributed by atoms with E-state index in [4.69, 9.17) is 0 Å². The highest BCUT2D eigenvalue weighted by molar-refractivity contribution is 6.10. The van der Waals surface area contributed by atoms with Gasteiger partial charge in [0.2, 0.25) is 5.91 Å². The van der Waals surface area contributed by atoms with Gasteiger partial charge in [0.05, 0.1) is 16.9 Å². The Bertz CT molecular complexity index is 731. The van der Waals surface area contributed by atoms with Crippen LogP contribution in [-0.2, 0) is 11.2 Å². The van der Waals surface area contributed by atoms with Crippen molar-refractivity contribution in [1.82, 2.24) is 15.0 Å². The van der Waals surface area contributed by atoms with Gasteiger partial charge in [0.25, 0.3) is 0 Å². The summed E-state index contributed by atoms with van der Waals surface area (Å²) in [5.74, 6) is 1.00. The van der Waals surface area contributed by atoms with E-state index < -0.39 is 0 Å². The number of anilines is 1. The molecule has 21 heavy (non-hydrogen) atoms. The molecule has 6 nitrogen and oxygen atoms in total. The number of hydrogen-bond acceptors (Lipinski definition) is 4. The molecule has 1 aliphatic rings. The van der Waals surface area contributed by atoms with Crippen LogP contribution in [-0.4, -0.2) is 28.3 Å². The molecule has 110 valence electrons. The van der Waals surface area contributed by atoms with Crippen molar-refractivity contribution in [2.75, 3.05) is 12.4 Å². The maximum Gasteiger partial charge on any atom is 0.240 e. The van der Waals surface area contributed by atoms with E-state index in [1.54, 1.807) is 0 Å². The van der Waals surface area contributed by atoms with Gasteiger partial charge < -0.3 is 5.32 Å². The zero-order chi connectivity index (χ0) is 15.0. The van der Waals surface area contributed by atoms with Crippen LogP contribution >= 0.6 is 0 Å². The highest BCUT2D eigenvalue weighted by Gasteiger charge is 2.24. The molecule has 0 saturated heterocycles. The van der Waals surface area contributed by atoms with Crippen molar-refractivity contribution >= 4 is 23.0 Å². The molecule has 2 aromatic heterocycles. The Balaban J connectivity index is 2.19. The lowest BCUT2D eigenvalue weighted by Gasteiger charge is -2.20. The number of amides is 1. The molecule has 6 heteroatoms. The van der Waals surface area contributed by atoms with Crippen molar-refractivity contribution in [3.63, 3.8) is 0 Å². The van der Waals surface area contributed by atoms with Crippen LogP contribution in [0.3, 0.4) is 0 Å². The quantitative estimate of drug-likeness (QED) is 0.903. The molecule has 2 N–H and O–H groups in total. The molecule has 3 heterocycles. The van der Waals surface area contributed by atoms with Crippen LogP contribution in [0.25, 0.3) is 5.52 Å². The largest absolute Gasteiger partial charge is 0.373 e. The third kappa shape index (κ3) is 2.26. The van der Waals surface area contributed by atoms with Crippen molar-refractivity contribution in [1.29, 1.82) is 0 Å². The molecule has 1 atom stereocenters. The average Bonchev–Trinajstić information content (AvgIpc) is 2.91. The molecule has 0 aliphatic carbocycles. The van der Waals surface area contributed by atoms with Gasteiger partial charge >= 0.3 is 0 Å². The molecule has 1 aliphatic heterocycles. The van der Waals surface area contributed by atoms with Crippen molar-refractivity contribution in [2.24, 2.45) is 11.0 Å². The summed E-state index contributed by atoms with van der Waals surface area (Å²) >= 11 is 0. The molecule has 0 saturated carbocycles. The first-order chi connectivity index (χ1) is 10.1. The van der Waals surface area contributed by atoms with E-state index in [1.165, 1.54) is 0 Å². The summed E-state index contributed by atoms with van der Waals surface area (Å²) in [6.45, 7) is 4.11. The third-order valence-electron chi connectivity index (χ3n) is 3.83. The molecule has 1 amide bonds. The van der Waals surface area contributed by atoms with Crippen LogP contribution in [0.5, 0.6) is 0 Å². The Labute approximate surface area is 123 Å². The number of fused-ring (bicyclic) bond motifs is 1. The molecule has 0 radical (unpaired) electrons. The second kappa shape index (κ2) is 5.20. The Morgan fingerprint density at radius 3 is 2.95 bits per heavy atom. The van der Waals surface area contributed by atoms with Gasteiger partial charge in [0, 0.05) is 24.9 Å². The van der Waals surface area contributed by atoms with Crippen LogP contribution in [0.2, 0.25) is 0 Å². The predicted octanol–water partition coefficient (Wildman–Crippen LogP) is 1.80. The predicted molar refractivity (Wildman–Crippen MR) is 82.6 cm³/mol. The molecule has 0 bridgehead atoms. The topological polar surface area (TPSA) is 70.8 Å². The zero-order valence-corrected chi connectivity index (χ0v) is 12.5. The molecule has 0 fully saturated rings. The lowest BCUT2D eigenvalue weighted by atomic mass is 9.94. The van der Waals surface area contributed by atoms with Crippen molar-refractivity contribution < 1.29 is 4.79 Å². The van der Waals surface area contributed by atoms with Gasteiger partial charge in [-0.05, 0) is 24.6 Å². The summed E-state index contributed by atoms with van der Waals surface area (Å²) in [5, 5.41) is 12.0. The van der Waals surface area contributed by atoms with Crippen molar-refractivity contribution in [2.45, 2.75) is 26.7 Å². The first-order valence-corrected chi connectivity index (χ1v) is 7.20. The fourth-order valence-corrected chi connectivity index (χ4v) is 2.68. The number of carbonyl (C=O) groups excluding carboxylic acids is 1. The Hall–Kier alpha value is -2.37. The van der Waals surface area contributed by atoms with Gasteiger partial charge in [-0.1, -0.05) is 13.8 Å². The molecule has 3 rings (SSSR count). The molecule has 2 aromatic rings. The molecular formula is C15H19N5O. The van der Waals surface area contributed by atoms with Gasteiger partial charge in [-0.15, -0.1) is 0 Å². The number of aryl methyl sites for hydroxylation is 1. The highest BCUT2D eigenvalue weighted by Crippen LogP contribution is 2.24. The van der Waals surface area contributed by atoms with Gasteiger partial charge in [-0.2, -0.15) is 10.2 Å². The summed E-state index contributed by atoms with van der Waals surface area (Å²) in [6.07, 6.45) is 1.34. The minimum absolute atomic E-state index is 0.0307. The minimum Gasteiger partial charge on any atom is -0.373 e.